The van der Waals surface area contributed by atoms with E-state index in [4.69, 9.17) is 9.47 Å². The van der Waals surface area contributed by atoms with Crippen molar-refractivity contribution in [2.24, 2.45) is 0 Å². The van der Waals surface area contributed by atoms with Crippen molar-refractivity contribution in [3.8, 4) is 22.6 Å². The van der Waals surface area contributed by atoms with Crippen LogP contribution in [0.2, 0.25) is 0 Å². The molecule has 3 aromatic rings. The molecule has 2 fully saturated rings. The molecule has 1 amide bonds. The summed E-state index contributed by atoms with van der Waals surface area (Å²) in [5.41, 5.74) is 2.79. The topological polar surface area (TPSA) is 112 Å². The molecule has 42 heavy (non-hydrogen) atoms. The van der Waals surface area contributed by atoms with Crippen LogP contribution in [0.5, 0.6) is 5.75 Å². The second-order valence-electron chi connectivity index (χ2n) is 12.4. The Balaban J connectivity index is 1.49. The number of anilines is 1. The minimum atomic E-state index is -3.55. The molecule has 0 unspecified atom stereocenters. The summed E-state index contributed by atoms with van der Waals surface area (Å²) in [5.74, 6) is 0.778. The van der Waals surface area contributed by atoms with Gasteiger partial charge in [0.25, 0.3) is 0 Å². The number of ether oxygens (including phenoxy) is 2. The van der Waals surface area contributed by atoms with E-state index >= 15 is 4.39 Å². The molecule has 0 spiro atoms. The molecule has 0 radical (unpaired) electrons. The van der Waals surface area contributed by atoms with Crippen LogP contribution in [0, 0.1) is 12.7 Å². The fourth-order valence-electron chi connectivity index (χ4n) is 5.64. The van der Waals surface area contributed by atoms with Crippen LogP contribution in [0.4, 0.5) is 15.0 Å². The first-order valence-corrected chi connectivity index (χ1v) is 16.3. The van der Waals surface area contributed by atoms with E-state index in [0.717, 1.165) is 43.9 Å². The Morgan fingerprint density at radius 3 is 2.50 bits per heavy atom. The molecule has 0 bridgehead atoms. The fraction of sp³-hybridized carbons (Fsp3) is 0.484. The predicted molar refractivity (Wildman–Crippen MR) is 160 cm³/mol. The second kappa shape index (κ2) is 11.6. The molecule has 0 aliphatic heterocycles. The molecule has 2 N–H and O–H groups in total. The third kappa shape index (κ3) is 7.06. The number of amides is 1. The van der Waals surface area contributed by atoms with Crippen LogP contribution in [-0.4, -0.2) is 48.3 Å². The molecule has 2 saturated carbocycles. The third-order valence-electron chi connectivity index (χ3n) is 7.58. The van der Waals surface area contributed by atoms with Crippen molar-refractivity contribution in [3.63, 3.8) is 0 Å². The number of hydrogen-bond donors (Lipinski definition) is 2. The molecule has 9 nitrogen and oxygen atoms in total. The molecule has 2 atom stereocenters. The van der Waals surface area contributed by atoms with Gasteiger partial charge in [-0.05, 0) is 94.7 Å². The number of carbonyl (C=O) groups excluding carboxylic acids is 1. The highest BCUT2D eigenvalue weighted by Gasteiger charge is 2.31. The smallest absolute Gasteiger partial charge is 0.407 e. The maximum atomic E-state index is 15.3. The molecule has 226 valence electrons. The van der Waals surface area contributed by atoms with E-state index in [1.54, 1.807) is 19.1 Å². The number of nitrogens with one attached hydrogen (secondary N) is 2. The molecule has 2 aliphatic carbocycles. The number of nitrogens with zero attached hydrogens (tertiary/aromatic N) is 2. The van der Waals surface area contributed by atoms with Crippen molar-refractivity contribution in [1.82, 2.24) is 15.1 Å². The molecule has 1 heterocycles. The number of sulfonamides is 1. The van der Waals surface area contributed by atoms with Crippen molar-refractivity contribution in [2.75, 3.05) is 11.0 Å². The lowest BCUT2D eigenvalue weighted by Gasteiger charge is -2.29. The Labute approximate surface area is 246 Å². The lowest BCUT2D eigenvalue weighted by Crippen LogP contribution is -2.38. The average molecular weight is 599 g/mol. The van der Waals surface area contributed by atoms with Crippen LogP contribution in [-0.2, 0) is 14.8 Å². The van der Waals surface area contributed by atoms with Crippen LogP contribution in [0.25, 0.3) is 16.8 Å². The Morgan fingerprint density at radius 2 is 1.83 bits per heavy atom. The first-order chi connectivity index (χ1) is 19.8. The highest BCUT2D eigenvalue weighted by Crippen LogP contribution is 2.45. The minimum Gasteiger partial charge on any atom is -0.490 e. The van der Waals surface area contributed by atoms with E-state index in [0.29, 0.717) is 40.5 Å². The van der Waals surface area contributed by atoms with Crippen molar-refractivity contribution in [1.29, 1.82) is 0 Å². The number of halogens is 1. The fourth-order valence-corrected chi connectivity index (χ4v) is 6.16. The number of aryl methyl sites for hydroxylation is 1. The Kier molecular flexibility index (Phi) is 8.24. The summed E-state index contributed by atoms with van der Waals surface area (Å²) in [5, 5.41) is 7.46. The van der Waals surface area contributed by atoms with E-state index in [2.05, 4.69) is 15.1 Å². The zero-order valence-corrected chi connectivity index (χ0v) is 25.6. The summed E-state index contributed by atoms with van der Waals surface area (Å²) in [6, 6.07) is 12.2. The zero-order chi connectivity index (χ0) is 30.2. The van der Waals surface area contributed by atoms with Gasteiger partial charge in [0, 0.05) is 24.1 Å². The van der Waals surface area contributed by atoms with E-state index in [1.807, 2.05) is 45.0 Å². The summed E-state index contributed by atoms with van der Waals surface area (Å²) in [6.07, 6.45) is 5.48. The first-order valence-electron chi connectivity index (χ1n) is 14.4. The largest absolute Gasteiger partial charge is 0.490 e. The number of alkyl carbamates (subject to hydrolysis) is 1. The quantitative estimate of drug-likeness (QED) is 0.308. The van der Waals surface area contributed by atoms with Crippen LogP contribution in [0.1, 0.15) is 76.5 Å². The lowest BCUT2D eigenvalue weighted by molar-refractivity contribution is 0.0503. The Morgan fingerprint density at radius 1 is 1.07 bits per heavy atom. The van der Waals surface area contributed by atoms with Crippen molar-refractivity contribution < 1.29 is 27.1 Å². The third-order valence-corrected chi connectivity index (χ3v) is 8.16. The van der Waals surface area contributed by atoms with Crippen molar-refractivity contribution >= 4 is 21.9 Å². The molecule has 11 heteroatoms. The van der Waals surface area contributed by atoms with E-state index in [9.17, 15) is 13.2 Å². The molecule has 0 saturated heterocycles. The van der Waals surface area contributed by atoms with Gasteiger partial charge in [-0.25, -0.2) is 22.3 Å². The summed E-state index contributed by atoms with van der Waals surface area (Å²) in [7, 11) is -3.55. The number of carbonyl (C=O) groups is 1. The summed E-state index contributed by atoms with van der Waals surface area (Å²) in [4.78, 5) is 12.3. The highest BCUT2D eigenvalue weighted by molar-refractivity contribution is 7.92. The Bertz CT molecular complexity index is 1580. The number of hydrogen-bond acceptors (Lipinski definition) is 6. The van der Waals surface area contributed by atoms with E-state index in [1.165, 1.54) is 10.7 Å². The van der Waals surface area contributed by atoms with Gasteiger partial charge in [-0.1, -0.05) is 18.6 Å². The standard InChI is InChI=1S/C31H39FN4O5S/c1-19-16-28(35-42(5,38)39)36(34-19)22-13-15-27(40-23-14-12-21(17-23)33-30(37)41-31(2,3)4)25(18-22)24-10-7-11-26(32)29(24)20-8-6-9-20/h7,10-11,13,15-16,18,20-21,23,35H,6,8-9,12,14,17H2,1-5H3,(H,33,37)/t21-,23-/m1/s1. The SMILES string of the molecule is Cc1cc(NS(C)(=O)=O)n(-c2ccc(O[C@@H]3CC[C@@H](NC(=O)OC(C)(C)C)C3)c(-c3cccc(F)c3C3CCC3)c2)n1. The van der Waals surface area contributed by atoms with Crippen LogP contribution >= 0.6 is 0 Å². The zero-order valence-electron chi connectivity index (χ0n) is 24.7. The minimum absolute atomic E-state index is 0.0797. The Hall–Kier alpha value is -3.60. The summed E-state index contributed by atoms with van der Waals surface area (Å²) >= 11 is 0. The lowest BCUT2D eigenvalue weighted by atomic mass is 9.77. The molecular weight excluding hydrogens is 559 g/mol. The highest BCUT2D eigenvalue weighted by atomic mass is 32.2. The van der Waals surface area contributed by atoms with Gasteiger partial charge >= 0.3 is 6.09 Å². The molecule has 2 aliphatic rings. The van der Waals surface area contributed by atoms with Crippen LogP contribution in [0.15, 0.2) is 42.5 Å². The van der Waals surface area contributed by atoms with Crippen molar-refractivity contribution in [3.05, 3.63) is 59.5 Å². The maximum Gasteiger partial charge on any atom is 0.407 e. The van der Waals surface area contributed by atoms with Gasteiger partial charge in [0.1, 0.15) is 29.1 Å². The normalized spacial score (nSPS) is 19.3. The summed E-state index contributed by atoms with van der Waals surface area (Å²) in [6.45, 7) is 7.26. The number of rotatable bonds is 8. The van der Waals surface area contributed by atoms with Gasteiger partial charge in [-0.15, -0.1) is 0 Å². The van der Waals surface area contributed by atoms with Crippen LogP contribution in [0.3, 0.4) is 0 Å². The first kappa shape index (κ1) is 29.9. The van der Waals surface area contributed by atoms with Gasteiger partial charge in [0.2, 0.25) is 10.0 Å². The van der Waals surface area contributed by atoms with E-state index < -0.39 is 21.7 Å². The predicted octanol–water partition coefficient (Wildman–Crippen LogP) is 6.45. The second-order valence-corrected chi connectivity index (χ2v) is 14.1. The van der Waals surface area contributed by atoms with Crippen molar-refractivity contribution in [2.45, 2.75) is 89.9 Å². The monoisotopic (exact) mass is 598 g/mol. The maximum absolute atomic E-state index is 15.3. The molecule has 1 aromatic heterocycles. The number of aromatic nitrogens is 2. The summed E-state index contributed by atoms with van der Waals surface area (Å²) < 4.78 is 55.4. The van der Waals surface area contributed by atoms with Crippen LogP contribution < -0.4 is 14.8 Å². The molecule has 5 rings (SSSR count). The average Bonchev–Trinajstić information content (AvgIpc) is 3.42. The van der Waals surface area contributed by atoms with Gasteiger partial charge in [-0.2, -0.15) is 5.10 Å². The van der Waals surface area contributed by atoms with Gasteiger partial charge in [0.05, 0.1) is 17.6 Å². The van der Waals surface area contributed by atoms with Gasteiger partial charge in [-0.3, -0.25) is 4.72 Å². The van der Waals surface area contributed by atoms with E-state index in [-0.39, 0.29) is 23.9 Å². The molecule has 2 aromatic carbocycles. The van der Waals surface area contributed by atoms with Gasteiger partial charge in [0.15, 0.2) is 0 Å². The molecular formula is C31H39FN4O5S. The number of benzene rings is 2. The van der Waals surface area contributed by atoms with Gasteiger partial charge < -0.3 is 14.8 Å².